The van der Waals surface area contributed by atoms with E-state index in [1.54, 1.807) is 0 Å². The fourth-order valence-electron chi connectivity index (χ4n) is 4.98. The number of hydrogen-bond acceptors (Lipinski definition) is 5. The molecule has 2 aliphatic rings. The van der Waals surface area contributed by atoms with Gasteiger partial charge in [0.15, 0.2) is 0 Å². The van der Waals surface area contributed by atoms with E-state index in [-0.39, 0.29) is 18.8 Å². The van der Waals surface area contributed by atoms with Crippen LogP contribution in [-0.2, 0) is 13.0 Å². The molecule has 5 nitrogen and oxygen atoms in total. The molecule has 2 aromatic carbocycles. The summed E-state index contributed by atoms with van der Waals surface area (Å²) in [6, 6.07) is 19.3. The highest BCUT2D eigenvalue weighted by atomic mass is 16.3. The molecule has 4 rings (SSSR count). The zero-order valence-electron chi connectivity index (χ0n) is 19.6. The molecule has 33 heavy (non-hydrogen) atoms. The number of hydrogen-bond donors (Lipinski definition) is 2. The molecular formula is C28H37N3O2. The van der Waals surface area contributed by atoms with Crippen LogP contribution < -0.4 is 0 Å². The summed E-state index contributed by atoms with van der Waals surface area (Å²) in [5, 5.41) is 19.7. The molecule has 2 aliphatic heterocycles. The highest BCUT2D eigenvalue weighted by molar-refractivity contribution is 5.36. The lowest BCUT2D eigenvalue weighted by Crippen LogP contribution is -2.58. The van der Waals surface area contributed by atoms with Crippen molar-refractivity contribution in [1.82, 2.24) is 14.7 Å². The van der Waals surface area contributed by atoms with Gasteiger partial charge in [-0.3, -0.25) is 9.80 Å². The van der Waals surface area contributed by atoms with Gasteiger partial charge in [0.25, 0.3) is 0 Å². The Morgan fingerprint density at radius 1 is 0.848 bits per heavy atom. The first-order valence-electron chi connectivity index (χ1n) is 12.3. The highest BCUT2D eigenvalue weighted by Gasteiger charge is 2.33. The normalized spacial score (nSPS) is 22.6. The number of nitrogens with zero attached hydrogens (tertiary/aromatic N) is 3. The molecule has 0 radical (unpaired) electrons. The summed E-state index contributed by atoms with van der Waals surface area (Å²) in [5.74, 6) is 6.03. The minimum absolute atomic E-state index is 0.104. The molecule has 2 heterocycles. The maximum atomic E-state index is 10.9. The predicted octanol–water partition coefficient (Wildman–Crippen LogP) is 2.22. The second kappa shape index (κ2) is 12.3. The molecule has 0 spiro atoms. The quantitative estimate of drug-likeness (QED) is 0.638. The standard InChI is InChI=1S/C28H37N3O2/c32-21-5-4-8-25-9-11-26(12-10-25)22-30-16-14-27(28(33)23-30)31-19-17-29(18-20-31)15-13-24-6-2-1-3-7-24/h1-3,6-7,9-12,27-28,32-33H,5,13-23H2/t27-,28-/m1/s1. The van der Waals surface area contributed by atoms with Gasteiger partial charge in [0.1, 0.15) is 0 Å². The van der Waals surface area contributed by atoms with Gasteiger partial charge in [0.2, 0.25) is 0 Å². The van der Waals surface area contributed by atoms with Crippen LogP contribution in [-0.4, -0.2) is 89.5 Å². The topological polar surface area (TPSA) is 50.2 Å². The van der Waals surface area contributed by atoms with Gasteiger partial charge < -0.3 is 15.1 Å². The fourth-order valence-corrected chi connectivity index (χ4v) is 4.98. The van der Waals surface area contributed by atoms with E-state index in [4.69, 9.17) is 5.11 Å². The van der Waals surface area contributed by atoms with Crippen molar-refractivity contribution in [3.8, 4) is 11.8 Å². The first kappa shape index (κ1) is 23.9. The maximum Gasteiger partial charge on any atom is 0.0822 e. The van der Waals surface area contributed by atoms with Crippen molar-refractivity contribution in [1.29, 1.82) is 0 Å². The van der Waals surface area contributed by atoms with Crippen LogP contribution in [0.2, 0.25) is 0 Å². The first-order valence-corrected chi connectivity index (χ1v) is 12.3. The van der Waals surface area contributed by atoms with Crippen LogP contribution in [0.1, 0.15) is 29.5 Å². The molecular weight excluding hydrogens is 410 g/mol. The SMILES string of the molecule is OCCC#Cc1ccc(CN2CC[C@@H](N3CCN(CCc4ccccc4)CC3)[C@H](O)C2)cc1. The molecule has 2 N–H and O–H groups in total. The second-order valence-electron chi connectivity index (χ2n) is 9.24. The predicted molar refractivity (Wildman–Crippen MR) is 133 cm³/mol. The highest BCUT2D eigenvalue weighted by Crippen LogP contribution is 2.21. The molecule has 0 amide bonds. The number of piperidine rings is 1. The summed E-state index contributed by atoms with van der Waals surface area (Å²) in [6.07, 6.45) is 2.35. The summed E-state index contributed by atoms with van der Waals surface area (Å²) in [6.45, 7) is 8.12. The lowest BCUT2D eigenvalue weighted by molar-refractivity contribution is -0.0307. The lowest BCUT2D eigenvalue weighted by atomic mass is 9.98. The number of benzene rings is 2. The number of β-amino-alcohol motifs (C(OH)–C–C–N with tert-alkyl or cyclic N) is 1. The molecule has 0 bridgehead atoms. The average Bonchev–Trinajstić information content (AvgIpc) is 2.85. The van der Waals surface area contributed by atoms with Crippen LogP contribution in [0.4, 0.5) is 0 Å². The minimum atomic E-state index is -0.293. The molecule has 5 heteroatoms. The minimum Gasteiger partial charge on any atom is -0.395 e. The Bertz CT molecular complexity index is 898. The third kappa shape index (κ3) is 7.14. The summed E-state index contributed by atoms with van der Waals surface area (Å²) in [4.78, 5) is 7.44. The van der Waals surface area contributed by atoms with Crippen molar-refractivity contribution in [2.24, 2.45) is 0 Å². The number of piperazine rings is 1. The van der Waals surface area contributed by atoms with E-state index in [0.717, 1.165) is 70.8 Å². The molecule has 2 atom stereocenters. The molecule has 176 valence electrons. The Morgan fingerprint density at radius 2 is 1.61 bits per heavy atom. The van der Waals surface area contributed by atoms with Crippen LogP contribution >= 0.6 is 0 Å². The smallest absolute Gasteiger partial charge is 0.0822 e. The Labute approximate surface area is 198 Å². The molecule has 0 aromatic heterocycles. The van der Waals surface area contributed by atoms with Crippen molar-refractivity contribution in [3.63, 3.8) is 0 Å². The van der Waals surface area contributed by atoms with E-state index in [1.807, 2.05) is 12.1 Å². The summed E-state index contributed by atoms with van der Waals surface area (Å²) >= 11 is 0. The summed E-state index contributed by atoms with van der Waals surface area (Å²) in [7, 11) is 0. The zero-order valence-corrected chi connectivity index (χ0v) is 19.6. The van der Waals surface area contributed by atoms with E-state index in [1.165, 1.54) is 11.1 Å². The molecule has 0 aliphatic carbocycles. The molecule has 2 aromatic rings. The number of rotatable bonds is 7. The molecule has 0 saturated carbocycles. The zero-order chi connectivity index (χ0) is 22.9. The number of likely N-dealkylation sites (tertiary alicyclic amines) is 1. The van der Waals surface area contributed by atoms with Gasteiger partial charge in [-0.05, 0) is 36.1 Å². The van der Waals surface area contributed by atoms with Crippen LogP contribution in [0.25, 0.3) is 0 Å². The van der Waals surface area contributed by atoms with E-state index >= 15 is 0 Å². The largest absolute Gasteiger partial charge is 0.395 e. The molecule has 2 saturated heterocycles. The first-order chi connectivity index (χ1) is 16.2. The van der Waals surface area contributed by atoms with E-state index in [2.05, 4.69) is 69.0 Å². The third-order valence-corrected chi connectivity index (χ3v) is 6.90. The maximum absolute atomic E-state index is 10.9. The van der Waals surface area contributed by atoms with Crippen LogP contribution in [0.5, 0.6) is 0 Å². The van der Waals surface area contributed by atoms with E-state index in [0.29, 0.717) is 6.42 Å². The average molecular weight is 448 g/mol. The number of aliphatic hydroxyl groups excluding tert-OH is 2. The van der Waals surface area contributed by atoms with Gasteiger partial charge in [-0.2, -0.15) is 0 Å². The van der Waals surface area contributed by atoms with E-state index < -0.39 is 0 Å². The Kier molecular flexibility index (Phi) is 8.93. The van der Waals surface area contributed by atoms with E-state index in [9.17, 15) is 5.11 Å². The third-order valence-electron chi connectivity index (χ3n) is 6.90. The Hall–Kier alpha value is -2.20. The van der Waals surface area contributed by atoms with Crippen LogP contribution in [0.3, 0.4) is 0 Å². The monoisotopic (exact) mass is 447 g/mol. The van der Waals surface area contributed by atoms with Crippen molar-refractivity contribution < 1.29 is 10.2 Å². The summed E-state index contributed by atoms with van der Waals surface area (Å²) < 4.78 is 0. The van der Waals surface area contributed by atoms with Gasteiger partial charge in [-0.15, -0.1) is 0 Å². The van der Waals surface area contributed by atoms with Crippen molar-refractivity contribution >= 4 is 0 Å². The fraction of sp³-hybridized carbons (Fsp3) is 0.500. The number of aliphatic hydroxyl groups is 2. The lowest BCUT2D eigenvalue weighted by Gasteiger charge is -2.45. The Balaban J connectivity index is 1.19. The van der Waals surface area contributed by atoms with Gasteiger partial charge in [0.05, 0.1) is 12.7 Å². The summed E-state index contributed by atoms with van der Waals surface area (Å²) in [5.41, 5.74) is 3.64. The van der Waals surface area contributed by atoms with Gasteiger partial charge >= 0.3 is 0 Å². The van der Waals surface area contributed by atoms with Gasteiger partial charge in [-0.25, -0.2) is 0 Å². The molecule has 2 fully saturated rings. The van der Waals surface area contributed by atoms with Crippen LogP contribution in [0, 0.1) is 11.8 Å². The van der Waals surface area contributed by atoms with Gasteiger partial charge in [-0.1, -0.05) is 54.3 Å². The van der Waals surface area contributed by atoms with Crippen LogP contribution in [0.15, 0.2) is 54.6 Å². The Morgan fingerprint density at radius 3 is 2.30 bits per heavy atom. The van der Waals surface area contributed by atoms with Crippen molar-refractivity contribution in [2.45, 2.75) is 38.0 Å². The van der Waals surface area contributed by atoms with Crippen molar-refractivity contribution in [3.05, 3.63) is 71.3 Å². The molecule has 0 unspecified atom stereocenters. The van der Waals surface area contributed by atoms with Crippen molar-refractivity contribution in [2.75, 3.05) is 52.4 Å². The van der Waals surface area contributed by atoms with Gasteiger partial charge in [0, 0.05) is 70.4 Å². The second-order valence-corrected chi connectivity index (χ2v) is 9.24.